The minimum absolute atomic E-state index is 0.889. The molecule has 1 aliphatic rings. The van der Waals surface area contributed by atoms with E-state index in [1.165, 1.54) is 24.0 Å². The first-order chi connectivity index (χ1) is 4.14. The van der Waals surface area contributed by atoms with Crippen LogP contribution >= 0.6 is 0 Å². The van der Waals surface area contributed by atoms with E-state index >= 15 is 0 Å². The van der Waals surface area contributed by atoms with Gasteiger partial charge in [0.1, 0.15) is 6.54 Å². The van der Waals surface area contributed by atoms with Crippen LogP contribution in [0, 0.1) is 12.3 Å². The Labute approximate surface area is 58.3 Å². The highest BCUT2D eigenvalue weighted by atomic mass is 15.3. The fourth-order valence-electron chi connectivity index (χ4n) is 1.60. The van der Waals surface area contributed by atoms with E-state index in [9.17, 15) is 0 Å². The van der Waals surface area contributed by atoms with E-state index in [-0.39, 0.29) is 0 Å². The van der Waals surface area contributed by atoms with Gasteiger partial charge in [-0.05, 0) is 0 Å². The lowest BCUT2D eigenvalue weighted by Gasteiger charge is -2.21. The zero-order chi connectivity index (χ0) is 6.91. The summed E-state index contributed by atoms with van der Waals surface area (Å²) in [5, 5.41) is 0. The van der Waals surface area contributed by atoms with Gasteiger partial charge in [-0.1, -0.05) is 0 Å². The maximum atomic E-state index is 2.34. The lowest BCUT2D eigenvalue weighted by atomic mass is 10.1. The first kappa shape index (κ1) is 6.94. The highest BCUT2D eigenvalue weighted by Crippen LogP contribution is 2.21. The average molecular weight is 127 g/mol. The third-order valence-corrected chi connectivity index (χ3v) is 2.31. The van der Waals surface area contributed by atoms with Gasteiger partial charge >= 0.3 is 0 Å². The van der Waals surface area contributed by atoms with Gasteiger partial charge in [-0.25, -0.2) is 0 Å². The number of hydrogen-bond acceptors (Lipinski definition) is 0. The molecule has 1 heterocycles. The van der Waals surface area contributed by atoms with Crippen LogP contribution in [0.4, 0.5) is 0 Å². The largest absolute Gasteiger partial charge is 0.325 e. The van der Waals surface area contributed by atoms with Crippen molar-refractivity contribution in [3.63, 3.8) is 0 Å². The third-order valence-electron chi connectivity index (χ3n) is 2.31. The van der Waals surface area contributed by atoms with E-state index in [2.05, 4.69) is 27.4 Å². The Balaban J connectivity index is 2.38. The quantitative estimate of drug-likeness (QED) is 0.368. The summed E-state index contributed by atoms with van der Waals surface area (Å²) in [5.41, 5.74) is 0. The van der Waals surface area contributed by atoms with Crippen LogP contribution in [0.25, 0.3) is 0 Å². The fraction of sp³-hybridized carbons (Fsp3) is 0.875. The summed E-state index contributed by atoms with van der Waals surface area (Å²) >= 11 is 0. The van der Waals surface area contributed by atoms with E-state index in [1.807, 2.05) is 0 Å². The Morgan fingerprint density at radius 1 is 1.44 bits per heavy atom. The van der Waals surface area contributed by atoms with E-state index < -0.39 is 0 Å². The van der Waals surface area contributed by atoms with Crippen LogP contribution in [0.3, 0.4) is 0 Å². The summed E-state index contributed by atoms with van der Waals surface area (Å²) in [6.45, 7) is 4.88. The monoisotopic (exact) mass is 127 g/mol. The van der Waals surface area contributed by atoms with Gasteiger partial charge in [0, 0.05) is 6.42 Å². The molecule has 0 N–H and O–H groups in total. The van der Waals surface area contributed by atoms with Gasteiger partial charge in [0.05, 0.1) is 34.0 Å². The van der Waals surface area contributed by atoms with Gasteiger partial charge in [-0.15, -0.1) is 0 Å². The SMILES string of the molecule is C[CH+]C1CC[N+](C)(C)C1. The number of nitrogens with zero attached hydrogens (tertiary/aromatic N) is 1. The number of quaternary nitrogens is 1. The molecule has 0 saturated carbocycles. The lowest BCUT2D eigenvalue weighted by Crippen LogP contribution is -2.36. The molecule has 0 aliphatic carbocycles. The van der Waals surface area contributed by atoms with Crippen molar-refractivity contribution in [3.8, 4) is 0 Å². The first-order valence-corrected chi connectivity index (χ1v) is 3.75. The second-order valence-electron chi connectivity index (χ2n) is 3.72. The predicted molar refractivity (Wildman–Crippen MR) is 39.9 cm³/mol. The normalized spacial score (nSPS) is 32.6. The molecule has 1 fully saturated rings. The van der Waals surface area contributed by atoms with Gasteiger partial charge in [-0.2, -0.15) is 0 Å². The summed E-state index contributed by atoms with van der Waals surface area (Å²) in [6, 6.07) is 0. The highest BCUT2D eigenvalue weighted by Gasteiger charge is 2.34. The zero-order valence-corrected chi connectivity index (χ0v) is 6.72. The van der Waals surface area contributed by atoms with Crippen LogP contribution < -0.4 is 0 Å². The standard InChI is InChI=1S/C8H17N/c1-4-8-5-6-9(2,3)7-8/h4,8H,5-7H2,1-3H3/q+2. The van der Waals surface area contributed by atoms with Gasteiger partial charge in [-0.3, -0.25) is 0 Å². The molecule has 9 heavy (non-hydrogen) atoms. The highest BCUT2D eigenvalue weighted by molar-refractivity contribution is 4.74. The maximum Gasteiger partial charge on any atom is 0.151 e. The van der Waals surface area contributed by atoms with Crippen LogP contribution in [0.15, 0.2) is 0 Å². The van der Waals surface area contributed by atoms with Crippen molar-refractivity contribution in [3.05, 3.63) is 6.42 Å². The Morgan fingerprint density at radius 2 is 2.11 bits per heavy atom. The van der Waals surface area contributed by atoms with Crippen molar-refractivity contribution in [1.29, 1.82) is 0 Å². The van der Waals surface area contributed by atoms with Crippen LogP contribution in [0.5, 0.6) is 0 Å². The molecule has 52 valence electrons. The Hall–Kier alpha value is -0.170. The van der Waals surface area contributed by atoms with Crippen molar-refractivity contribution in [2.24, 2.45) is 5.92 Å². The van der Waals surface area contributed by atoms with E-state index in [1.54, 1.807) is 0 Å². The zero-order valence-electron chi connectivity index (χ0n) is 6.72. The molecular formula is C8H17N+2. The molecule has 0 aromatic heterocycles. The van der Waals surface area contributed by atoms with Crippen molar-refractivity contribution < 1.29 is 4.48 Å². The maximum absolute atomic E-state index is 2.34. The number of hydrogen-bond donors (Lipinski definition) is 0. The molecule has 0 radical (unpaired) electrons. The summed E-state index contributed by atoms with van der Waals surface area (Å²) < 4.78 is 1.22. The van der Waals surface area contributed by atoms with Crippen LogP contribution in [0.2, 0.25) is 0 Å². The minimum atomic E-state index is 0.889. The molecule has 1 saturated heterocycles. The summed E-state index contributed by atoms with van der Waals surface area (Å²) in [7, 11) is 4.62. The molecule has 1 unspecified atom stereocenters. The molecule has 0 amide bonds. The molecule has 1 heteroatoms. The predicted octanol–water partition coefficient (Wildman–Crippen LogP) is 1.31. The van der Waals surface area contributed by atoms with Gasteiger partial charge < -0.3 is 4.48 Å². The van der Waals surface area contributed by atoms with E-state index in [0.717, 1.165) is 5.92 Å². The molecule has 0 aromatic rings. The first-order valence-electron chi connectivity index (χ1n) is 3.75. The van der Waals surface area contributed by atoms with Crippen molar-refractivity contribution in [2.75, 3.05) is 27.2 Å². The van der Waals surface area contributed by atoms with Crippen LogP contribution in [-0.4, -0.2) is 31.7 Å². The Morgan fingerprint density at radius 3 is 2.33 bits per heavy atom. The lowest BCUT2D eigenvalue weighted by molar-refractivity contribution is -0.879. The van der Waals surface area contributed by atoms with Crippen molar-refractivity contribution >= 4 is 0 Å². The summed E-state index contributed by atoms with van der Waals surface area (Å²) in [5.74, 6) is 0.889. The Bertz CT molecular complexity index is 96.7. The second kappa shape index (κ2) is 2.22. The summed E-state index contributed by atoms with van der Waals surface area (Å²) in [6.07, 6.45) is 3.73. The van der Waals surface area contributed by atoms with E-state index in [0.29, 0.717) is 0 Å². The smallest absolute Gasteiger partial charge is 0.151 e. The fourth-order valence-corrected chi connectivity index (χ4v) is 1.60. The van der Waals surface area contributed by atoms with Crippen LogP contribution in [0.1, 0.15) is 13.3 Å². The second-order valence-corrected chi connectivity index (χ2v) is 3.72. The molecule has 0 aromatic carbocycles. The molecule has 1 aliphatic heterocycles. The van der Waals surface area contributed by atoms with Crippen LogP contribution in [-0.2, 0) is 0 Å². The van der Waals surface area contributed by atoms with Crippen molar-refractivity contribution in [2.45, 2.75) is 13.3 Å². The molecule has 1 atom stereocenters. The molecule has 0 spiro atoms. The molecular weight excluding hydrogens is 110 g/mol. The molecule has 0 bridgehead atoms. The summed E-state index contributed by atoms with van der Waals surface area (Å²) in [4.78, 5) is 0. The third kappa shape index (κ3) is 1.62. The Kier molecular flexibility index (Phi) is 1.71. The van der Waals surface area contributed by atoms with Gasteiger partial charge in [0.25, 0.3) is 0 Å². The number of rotatable bonds is 1. The minimum Gasteiger partial charge on any atom is -0.325 e. The average Bonchev–Trinajstić information content (AvgIpc) is 2.10. The van der Waals surface area contributed by atoms with Gasteiger partial charge in [0.15, 0.2) is 5.92 Å². The van der Waals surface area contributed by atoms with E-state index in [4.69, 9.17) is 0 Å². The van der Waals surface area contributed by atoms with Gasteiger partial charge in [0.2, 0.25) is 0 Å². The number of likely N-dealkylation sites (tertiary alicyclic amines) is 1. The van der Waals surface area contributed by atoms with Crippen molar-refractivity contribution in [1.82, 2.24) is 0 Å². The molecule has 1 rings (SSSR count). The molecule has 1 nitrogen and oxygen atoms in total. The topological polar surface area (TPSA) is 0 Å².